The van der Waals surface area contributed by atoms with Crippen LogP contribution in [0.2, 0.25) is 5.02 Å². The highest BCUT2D eigenvalue weighted by atomic mass is 35.5. The Labute approximate surface area is 197 Å². The van der Waals surface area contributed by atoms with Gasteiger partial charge in [-0.15, -0.1) is 10.2 Å². The van der Waals surface area contributed by atoms with Gasteiger partial charge in [0.15, 0.2) is 11.0 Å². The number of hydrogen-bond donors (Lipinski definition) is 0. The van der Waals surface area contributed by atoms with Gasteiger partial charge in [0.05, 0.1) is 5.75 Å². The largest absolute Gasteiger partial charge is 0.486 e. The maximum atomic E-state index is 12.7. The average Bonchev–Trinajstić information content (AvgIpc) is 3.18. The second kappa shape index (κ2) is 10.3. The Morgan fingerprint density at radius 3 is 2.56 bits per heavy atom. The van der Waals surface area contributed by atoms with E-state index in [0.717, 1.165) is 37.5 Å². The number of carbonyl (C=O) groups excluding carboxylic acids is 1. The molecule has 0 N–H and O–H groups in total. The minimum atomic E-state index is 0.125. The highest BCUT2D eigenvalue weighted by molar-refractivity contribution is 7.99. The van der Waals surface area contributed by atoms with Crippen molar-refractivity contribution in [3.05, 3.63) is 64.9 Å². The number of benzene rings is 2. The average molecular weight is 472 g/mol. The fraction of sp³-hybridized carbons (Fsp3) is 0.348. The molecule has 0 atom stereocenters. The molecule has 0 aliphatic carbocycles. The first-order valence-corrected chi connectivity index (χ1v) is 11.9. The van der Waals surface area contributed by atoms with Crippen molar-refractivity contribution in [3.63, 3.8) is 0 Å². The fourth-order valence-corrected chi connectivity index (χ4v) is 4.47. The second-order valence-corrected chi connectivity index (χ2v) is 9.00. The summed E-state index contributed by atoms with van der Waals surface area (Å²) in [6.07, 6.45) is 0. The van der Waals surface area contributed by atoms with Gasteiger partial charge in [-0.3, -0.25) is 4.79 Å². The highest BCUT2D eigenvalue weighted by Crippen LogP contribution is 2.23. The molecule has 1 amide bonds. The van der Waals surface area contributed by atoms with Gasteiger partial charge in [-0.2, -0.15) is 0 Å². The highest BCUT2D eigenvalue weighted by Gasteiger charge is 2.22. The maximum Gasteiger partial charge on any atom is 0.233 e. The summed E-state index contributed by atoms with van der Waals surface area (Å²) in [6, 6.07) is 15.9. The molecule has 0 radical (unpaired) electrons. The minimum Gasteiger partial charge on any atom is -0.486 e. The Bertz CT molecular complexity index is 1070. The molecule has 2 aromatic carbocycles. The van der Waals surface area contributed by atoms with E-state index in [9.17, 15) is 4.79 Å². The Hall–Kier alpha value is -2.71. The van der Waals surface area contributed by atoms with E-state index in [0.29, 0.717) is 28.4 Å². The van der Waals surface area contributed by atoms with Crippen molar-refractivity contribution in [2.24, 2.45) is 7.05 Å². The number of amides is 1. The van der Waals surface area contributed by atoms with Crippen molar-refractivity contribution in [2.45, 2.75) is 18.7 Å². The van der Waals surface area contributed by atoms with Crippen LogP contribution in [0.4, 0.5) is 5.69 Å². The molecule has 0 bridgehead atoms. The lowest BCUT2D eigenvalue weighted by molar-refractivity contribution is -0.128. The number of carbonyl (C=O) groups is 1. The number of halogens is 1. The summed E-state index contributed by atoms with van der Waals surface area (Å²) in [7, 11) is 1.89. The van der Waals surface area contributed by atoms with Crippen LogP contribution in [0.5, 0.6) is 5.75 Å². The molecule has 1 aliphatic rings. The molecule has 7 nitrogen and oxygen atoms in total. The van der Waals surface area contributed by atoms with Gasteiger partial charge < -0.3 is 19.1 Å². The third-order valence-corrected chi connectivity index (χ3v) is 6.93. The zero-order valence-electron chi connectivity index (χ0n) is 18.2. The summed E-state index contributed by atoms with van der Waals surface area (Å²) in [5, 5.41) is 9.85. The maximum absolute atomic E-state index is 12.7. The number of para-hydroxylation sites is 1. The normalized spacial score (nSPS) is 14.0. The molecular formula is C23H26ClN5O2S. The number of aromatic nitrogens is 3. The van der Waals surface area contributed by atoms with Gasteiger partial charge in [-0.1, -0.05) is 41.6 Å². The molecule has 9 heteroatoms. The van der Waals surface area contributed by atoms with Crippen LogP contribution < -0.4 is 9.64 Å². The van der Waals surface area contributed by atoms with E-state index in [2.05, 4.69) is 27.2 Å². The lowest BCUT2D eigenvalue weighted by Crippen LogP contribution is -2.49. The lowest BCUT2D eigenvalue weighted by Gasteiger charge is -2.36. The number of piperazine rings is 1. The van der Waals surface area contributed by atoms with Crippen molar-refractivity contribution in [2.75, 3.05) is 36.8 Å². The molecule has 1 aromatic heterocycles. The van der Waals surface area contributed by atoms with Crippen molar-refractivity contribution in [3.8, 4) is 5.75 Å². The molecule has 0 spiro atoms. The number of ether oxygens (including phenoxy) is 1. The first kappa shape index (κ1) is 22.5. The predicted molar refractivity (Wildman–Crippen MR) is 127 cm³/mol. The van der Waals surface area contributed by atoms with Gasteiger partial charge in [0.2, 0.25) is 5.91 Å². The van der Waals surface area contributed by atoms with E-state index in [1.54, 1.807) is 0 Å². The standard InChI is InChI=1S/C23H26ClN5O2S/c1-17-14-19(8-9-20(17)24)31-15-21-25-26-23(27(21)2)32-16-22(30)29-12-10-28(11-13-29)18-6-4-3-5-7-18/h3-9,14H,10-13,15-16H2,1-2H3. The Kier molecular flexibility index (Phi) is 7.22. The monoisotopic (exact) mass is 471 g/mol. The molecule has 32 heavy (non-hydrogen) atoms. The van der Waals surface area contributed by atoms with Crippen molar-refractivity contribution < 1.29 is 9.53 Å². The van der Waals surface area contributed by atoms with E-state index < -0.39 is 0 Å². The summed E-state index contributed by atoms with van der Waals surface area (Å²) < 4.78 is 7.69. The lowest BCUT2D eigenvalue weighted by atomic mass is 10.2. The number of hydrogen-bond acceptors (Lipinski definition) is 6. The SMILES string of the molecule is Cc1cc(OCc2nnc(SCC(=O)N3CCN(c4ccccc4)CC3)n2C)ccc1Cl. The van der Waals surface area contributed by atoms with E-state index in [4.69, 9.17) is 16.3 Å². The smallest absolute Gasteiger partial charge is 0.233 e. The molecule has 3 aromatic rings. The van der Waals surface area contributed by atoms with Gasteiger partial charge in [0, 0.05) is 43.9 Å². The van der Waals surface area contributed by atoms with Gasteiger partial charge in [0.25, 0.3) is 0 Å². The molecule has 168 valence electrons. The van der Waals surface area contributed by atoms with Crippen molar-refractivity contribution >= 4 is 35.0 Å². The molecule has 1 aliphatic heterocycles. The van der Waals surface area contributed by atoms with Crippen LogP contribution in [-0.2, 0) is 18.4 Å². The first-order chi connectivity index (χ1) is 15.5. The predicted octanol–water partition coefficient (Wildman–Crippen LogP) is 3.80. The number of nitrogens with zero attached hydrogens (tertiary/aromatic N) is 5. The van der Waals surface area contributed by atoms with Crippen LogP contribution >= 0.6 is 23.4 Å². The first-order valence-electron chi connectivity index (χ1n) is 10.5. The van der Waals surface area contributed by atoms with Gasteiger partial charge in [0.1, 0.15) is 12.4 Å². The van der Waals surface area contributed by atoms with Crippen LogP contribution in [0.15, 0.2) is 53.7 Å². The van der Waals surface area contributed by atoms with E-state index in [-0.39, 0.29) is 5.91 Å². The summed E-state index contributed by atoms with van der Waals surface area (Å²) >= 11 is 7.46. The number of anilines is 1. The molecular weight excluding hydrogens is 446 g/mol. The third-order valence-electron chi connectivity index (χ3n) is 5.50. The van der Waals surface area contributed by atoms with Crippen LogP contribution in [-0.4, -0.2) is 57.5 Å². The topological polar surface area (TPSA) is 63.5 Å². The molecule has 1 saturated heterocycles. The van der Waals surface area contributed by atoms with E-state index in [1.165, 1.54) is 17.4 Å². The molecule has 4 rings (SSSR count). The van der Waals surface area contributed by atoms with E-state index >= 15 is 0 Å². The van der Waals surface area contributed by atoms with Gasteiger partial charge in [-0.25, -0.2) is 0 Å². The molecule has 1 fully saturated rings. The summed E-state index contributed by atoms with van der Waals surface area (Å²) in [4.78, 5) is 16.9. The van der Waals surface area contributed by atoms with E-state index in [1.807, 2.05) is 59.8 Å². The van der Waals surface area contributed by atoms with Crippen LogP contribution in [0.1, 0.15) is 11.4 Å². The molecule has 0 unspecified atom stereocenters. The van der Waals surface area contributed by atoms with Gasteiger partial charge in [-0.05, 0) is 42.8 Å². The Morgan fingerprint density at radius 2 is 1.84 bits per heavy atom. The fourth-order valence-electron chi connectivity index (χ4n) is 3.52. The minimum absolute atomic E-state index is 0.125. The second-order valence-electron chi connectivity index (χ2n) is 7.65. The summed E-state index contributed by atoms with van der Waals surface area (Å²) in [6.45, 7) is 5.37. The third kappa shape index (κ3) is 5.37. The summed E-state index contributed by atoms with van der Waals surface area (Å²) in [5.41, 5.74) is 2.16. The Balaban J connectivity index is 1.25. The quantitative estimate of drug-likeness (QED) is 0.488. The van der Waals surface area contributed by atoms with Crippen LogP contribution in [0.25, 0.3) is 0 Å². The molecule has 0 saturated carbocycles. The van der Waals surface area contributed by atoms with Gasteiger partial charge >= 0.3 is 0 Å². The summed E-state index contributed by atoms with van der Waals surface area (Å²) in [5.74, 6) is 1.90. The van der Waals surface area contributed by atoms with Crippen LogP contribution in [0.3, 0.4) is 0 Å². The zero-order valence-corrected chi connectivity index (χ0v) is 19.8. The van der Waals surface area contributed by atoms with Crippen molar-refractivity contribution in [1.29, 1.82) is 0 Å². The molecule has 2 heterocycles. The Morgan fingerprint density at radius 1 is 1.09 bits per heavy atom. The number of thioether (sulfide) groups is 1. The zero-order chi connectivity index (χ0) is 22.5. The number of rotatable bonds is 7. The number of aryl methyl sites for hydroxylation is 1. The van der Waals surface area contributed by atoms with Crippen molar-refractivity contribution in [1.82, 2.24) is 19.7 Å². The van der Waals surface area contributed by atoms with Crippen LogP contribution in [0, 0.1) is 6.92 Å².